The molecule has 2 aromatic heterocycles. The lowest BCUT2D eigenvalue weighted by Crippen LogP contribution is -2.37. The molecule has 2 N–H and O–H groups in total. The molecular formula is C23H24N4O2S. The number of aromatic amines is 1. The molecule has 0 radical (unpaired) electrons. The molecule has 0 unspecified atom stereocenters. The van der Waals surface area contributed by atoms with E-state index in [1.165, 1.54) is 17.3 Å². The molecule has 0 spiro atoms. The summed E-state index contributed by atoms with van der Waals surface area (Å²) < 4.78 is 5.81. The van der Waals surface area contributed by atoms with E-state index in [9.17, 15) is 4.79 Å². The van der Waals surface area contributed by atoms with Crippen LogP contribution in [0.25, 0.3) is 22.4 Å². The first-order valence-electron chi connectivity index (χ1n) is 10.0. The standard InChI is InChI=1S/C23H24N4O2S/c1-15(12-13-17-8-4-3-5-9-17)25-21(28)16(2)30-23-27-26-22(29-23)19-14-24-20-11-7-6-10-18(19)20/h3-11,14-16,24H,12-13H2,1-2H3,(H,25,28)/t15-,16+/m1/s1. The summed E-state index contributed by atoms with van der Waals surface area (Å²) in [5.41, 5.74) is 3.14. The molecule has 4 rings (SSSR count). The Balaban J connectivity index is 1.32. The van der Waals surface area contributed by atoms with Crippen molar-refractivity contribution in [3.8, 4) is 11.5 Å². The minimum atomic E-state index is -0.333. The van der Waals surface area contributed by atoms with Gasteiger partial charge in [-0.05, 0) is 38.3 Å². The van der Waals surface area contributed by atoms with E-state index >= 15 is 0 Å². The molecular weight excluding hydrogens is 396 g/mol. The van der Waals surface area contributed by atoms with Gasteiger partial charge in [0.25, 0.3) is 11.1 Å². The van der Waals surface area contributed by atoms with E-state index in [0.717, 1.165) is 29.3 Å². The van der Waals surface area contributed by atoms with Gasteiger partial charge in [-0.1, -0.05) is 60.3 Å². The SMILES string of the molecule is C[C@H](CCc1ccccc1)NC(=O)[C@H](C)Sc1nnc(-c2c[nH]c3ccccc23)o1. The summed E-state index contributed by atoms with van der Waals surface area (Å²) in [6, 6.07) is 18.3. The second-order valence-electron chi connectivity index (χ2n) is 7.32. The number of benzene rings is 2. The Morgan fingerprint density at radius 2 is 1.87 bits per heavy atom. The molecule has 1 amide bonds. The van der Waals surface area contributed by atoms with Crippen LogP contribution < -0.4 is 5.32 Å². The Kier molecular flexibility index (Phi) is 6.18. The number of para-hydroxylation sites is 1. The normalized spacial score (nSPS) is 13.3. The van der Waals surface area contributed by atoms with Gasteiger partial charge >= 0.3 is 0 Å². The Morgan fingerprint density at radius 1 is 1.10 bits per heavy atom. The minimum absolute atomic E-state index is 0.0348. The topological polar surface area (TPSA) is 83.8 Å². The molecule has 0 aliphatic rings. The second-order valence-corrected chi connectivity index (χ2v) is 8.61. The van der Waals surface area contributed by atoms with Gasteiger partial charge in [0.2, 0.25) is 5.91 Å². The number of thioether (sulfide) groups is 1. The summed E-state index contributed by atoms with van der Waals surface area (Å²) >= 11 is 1.27. The van der Waals surface area contributed by atoms with Gasteiger partial charge in [0.05, 0.1) is 10.8 Å². The van der Waals surface area contributed by atoms with Crippen molar-refractivity contribution in [2.24, 2.45) is 0 Å². The first kappa shape index (κ1) is 20.2. The third-order valence-electron chi connectivity index (χ3n) is 4.97. The average Bonchev–Trinajstić information content (AvgIpc) is 3.39. The maximum atomic E-state index is 12.6. The van der Waals surface area contributed by atoms with Crippen molar-refractivity contribution in [1.29, 1.82) is 0 Å². The third-order valence-corrected chi connectivity index (χ3v) is 5.90. The van der Waals surface area contributed by atoms with Gasteiger partial charge in [0, 0.05) is 23.1 Å². The van der Waals surface area contributed by atoms with Crippen LogP contribution in [0.5, 0.6) is 0 Å². The highest BCUT2D eigenvalue weighted by atomic mass is 32.2. The van der Waals surface area contributed by atoms with Gasteiger partial charge in [-0.25, -0.2) is 0 Å². The van der Waals surface area contributed by atoms with Crippen LogP contribution in [-0.2, 0) is 11.2 Å². The van der Waals surface area contributed by atoms with E-state index in [0.29, 0.717) is 11.1 Å². The van der Waals surface area contributed by atoms with Gasteiger partial charge in [-0.2, -0.15) is 0 Å². The van der Waals surface area contributed by atoms with Crippen LogP contribution in [-0.4, -0.2) is 32.4 Å². The fraction of sp³-hybridized carbons (Fsp3) is 0.261. The molecule has 30 heavy (non-hydrogen) atoms. The van der Waals surface area contributed by atoms with Crippen molar-refractivity contribution in [1.82, 2.24) is 20.5 Å². The summed E-state index contributed by atoms with van der Waals surface area (Å²) in [4.78, 5) is 15.8. The van der Waals surface area contributed by atoms with Crippen molar-refractivity contribution < 1.29 is 9.21 Å². The maximum Gasteiger partial charge on any atom is 0.277 e. The maximum absolute atomic E-state index is 12.6. The Morgan fingerprint density at radius 3 is 2.70 bits per heavy atom. The van der Waals surface area contributed by atoms with Gasteiger partial charge in [-0.3, -0.25) is 4.79 Å². The van der Waals surface area contributed by atoms with E-state index in [2.05, 4.69) is 32.6 Å². The summed E-state index contributed by atoms with van der Waals surface area (Å²) in [5, 5.41) is 12.4. The molecule has 2 aromatic carbocycles. The van der Waals surface area contributed by atoms with E-state index in [4.69, 9.17) is 4.42 Å². The zero-order valence-corrected chi connectivity index (χ0v) is 17.8. The molecule has 154 valence electrons. The Hall–Kier alpha value is -3.06. The number of amides is 1. The number of rotatable bonds is 8. The summed E-state index contributed by atoms with van der Waals surface area (Å²) in [6.45, 7) is 3.87. The van der Waals surface area contributed by atoms with Crippen molar-refractivity contribution in [2.45, 2.75) is 43.2 Å². The molecule has 0 bridgehead atoms. The monoisotopic (exact) mass is 420 g/mol. The predicted molar refractivity (Wildman–Crippen MR) is 119 cm³/mol. The van der Waals surface area contributed by atoms with Gasteiger partial charge in [0.15, 0.2) is 0 Å². The number of nitrogens with zero attached hydrogens (tertiary/aromatic N) is 2. The lowest BCUT2D eigenvalue weighted by Gasteiger charge is -2.16. The molecule has 2 atom stereocenters. The summed E-state index contributed by atoms with van der Waals surface area (Å²) in [6.07, 6.45) is 3.68. The van der Waals surface area contributed by atoms with Crippen LogP contribution in [0.2, 0.25) is 0 Å². The fourth-order valence-corrected chi connectivity index (χ4v) is 3.97. The highest BCUT2D eigenvalue weighted by molar-refractivity contribution is 8.00. The van der Waals surface area contributed by atoms with Crippen molar-refractivity contribution in [3.63, 3.8) is 0 Å². The van der Waals surface area contributed by atoms with Crippen LogP contribution in [0.3, 0.4) is 0 Å². The number of H-pyrrole nitrogens is 1. The first-order valence-corrected chi connectivity index (χ1v) is 10.9. The number of hydrogen-bond acceptors (Lipinski definition) is 5. The van der Waals surface area contributed by atoms with E-state index in [-0.39, 0.29) is 17.2 Å². The Bertz CT molecular complexity index is 1120. The Labute approximate surface area is 179 Å². The molecule has 7 heteroatoms. The molecule has 0 saturated heterocycles. The second kappa shape index (κ2) is 9.17. The molecule has 0 aliphatic carbocycles. The van der Waals surface area contributed by atoms with Crippen LogP contribution in [0.4, 0.5) is 0 Å². The smallest absolute Gasteiger partial charge is 0.277 e. The molecule has 0 aliphatic heterocycles. The number of hydrogen-bond donors (Lipinski definition) is 2. The van der Waals surface area contributed by atoms with E-state index in [1.54, 1.807) is 0 Å². The quantitative estimate of drug-likeness (QED) is 0.399. The van der Waals surface area contributed by atoms with Gasteiger partial charge < -0.3 is 14.7 Å². The van der Waals surface area contributed by atoms with Crippen molar-refractivity contribution in [2.75, 3.05) is 0 Å². The van der Waals surface area contributed by atoms with Gasteiger partial charge in [0.1, 0.15) is 0 Å². The number of aryl methyl sites for hydroxylation is 1. The van der Waals surface area contributed by atoms with Crippen LogP contribution in [0.1, 0.15) is 25.8 Å². The molecule has 6 nitrogen and oxygen atoms in total. The number of carbonyl (C=O) groups excluding carboxylic acids is 1. The highest BCUT2D eigenvalue weighted by Crippen LogP contribution is 2.30. The van der Waals surface area contributed by atoms with Crippen LogP contribution in [0, 0.1) is 0 Å². The van der Waals surface area contributed by atoms with Crippen molar-refractivity contribution in [3.05, 3.63) is 66.4 Å². The molecule has 0 saturated carbocycles. The molecule has 4 aromatic rings. The minimum Gasteiger partial charge on any atom is -0.411 e. The van der Waals surface area contributed by atoms with Crippen LogP contribution in [0.15, 0.2) is 70.4 Å². The first-order chi connectivity index (χ1) is 14.6. The number of aromatic nitrogens is 3. The predicted octanol–water partition coefficient (Wildman–Crippen LogP) is 4.84. The average molecular weight is 421 g/mol. The van der Waals surface area contributed by atoms with E-state index < -0.39 is 0 Å². The lowest BCUT2D eigenvalue weighted by molar-refractivity contribution is -0.120. The van der Waals surface area contributed by atoms with E-state index in [1.807, 2.05) is 62.5 Å². The summed E-state index contributed by atoms with van der Waals surface area (Å²) in [7, 11) is 0. The number of carbonyl (C=O) groups is 1. The zero-order valence-electron chi connectivity index (χ0n) is 17.0. The largest absolute Gasteiger partial charge is 0.411 e. The zero-order chi connectivity index (χ0) is 20.9. The fourth-order valence-electron chi connectivity index (χ4n) is 3.28. The summed E-state index contributed by atoms with van der Waals surface area (Å²) in [5.74, 6) is 0.409. The van der Waals surface area contributed by atoms with Gasteiger partial charge in [-0.15, -0.1) is 10.2 Å². The molecule has 0 fully saturated rings. The van der Waals surface area contributed by atoms with Crippen molar-refractivity contribution >= 4 is 28.6 Å². The number of nitrogens with one attached hydrogen (secondary N) is 2. The highest BCUT2D eigenvalue weighted by Gasteiger charge is 2.21. The lowest BCUT2D eigenvalue weighted by atomic mass is 10.1. The number of fused-ring (bicyclic) bond motifs is 1. The molecule has 2 heterocycles. The van der Waals surface area contributed by atoms with Crippen LogP contribution >= 0.6 is 11.8 Å². The third kappa shape index (κ3) is 4.74.